The van der Waals surface area contributed by atoms with Crippen LogP contribution in [0.15, 0.2) is 29.2 Å². The highest BCUT2D eigenvalue weighted by atomic mass is 32.2. The Balaban J connectivity index is 2.06. The molecular formula is C15H21N3O5S. The molecule has 1 atom stereocenters. The Morgan fingerprint density at radius 3 is 2.71 bits per heavy atom. The summed E-state index contributed by atoms with van der Waals surface area (Å²) in [6.45, 7) is 0.515. The monoisotopic (exact) mass is 355 g/mol. The van der Waals surface area contributed by atoms with Crippen molar-refractivity contribution in [2.24, 2.45) is 0 Å². The Morgan fingerprint density at radius 2 is 2.08 bits per heavy atom. The van der Waals surface area contributed by atoms with E-state index in [0.717, 1.165) is 10.7 Å². The van der Waals surface area contributed by atoms with Crippen LogP contribution in [0.25, 0.3) is 0 Å². The first kappa shape index (κ1) is 18.4. The summed E-state index contributed by atoms with van der Waals surface area (Å²) in [6, 6.07) is 5.32. The molecule has 0 aliphatic carbocycles. The average molecular weight is 355 g/mol. The number of carbonyl (C=O) groups excluding carboxylic acids is 1. The van der Waals surface area contributed by atoms with Crippen LogP contribution in [-0.2, 0) is 19.6 Å². The third kappa shape index (κ3) is 4.11. The molecule has 0 spiro atoms. The van der Waals surface area contributed by atoms with Crippen LogP contribution < -0.4 is 5.32 Å². The van der Waals surface area contributed by atoms with Crippen LogP contribution in [-0.4, -0.2) is 67.8 Å². The Labute approximate surface area is 141 Å². The largest absolute Gasteiger partial charge is 0.480 e. The van der Waals surface area contributed by atoms with Gasteiger partial charge in [-0.05, 0) is 37.6 Å². The van der Waals surface area contributed by atoms with Gasteiger partial charge in [0.15, 0.2) is 0 Å². The van der Waals surface area contributed by atoms with Crippen molar-refractivity contribution in [3.63, 3.8) is 0 Å². The van der Waals surface area contributed by atoms with Crippen LogP contribution in [0.1, 0.15) is 12.8 Å². The van der Waals surface area contributed by atoms with Gasteiger partial charge in [0.2, 0.25) is 15.9 Å². The third-order valence-electron chi connectivity index (χ3n) is 3.89. The van der Waals surface area contributed by atoms with E-state index in [1.165, 1.54) is 26.2 Å². The van der Waals surface area contributed by atoms with Crippen molar-refractivity contribution in [1.82, 2.24) is 9.21 Å². The highest BCUT2D eigenvalue weighted by molar-refractivity contribution is 7.89. The molecule has 0 aromatic heterocycles. The molecule has 0 bridgehead atoms. The quantitative estimate of drug-likeness (QED) is 0.766. The summed E-state index contributed by atoms with van der Waals surface area (Å²) in [5, 5.41) is 11.7. The summed E-state index contributed by atoms with van der Waals surface area (Å²) in [5.41, 5.74) is 0.356. The first-order valence-electron chi connectivity index (χ1n) is 7.51. The van der Waals surface area contributed by atoms with E-state index in [9.17, 15) is 18.0 Å². The van der Waals surface area contributed by atoms with Gasteiger partial charge >= 0.3 is 5.97 Å². The lowest BCUT2D eigenvalue weighted by Gasteiger charge is -2.20. The molecule has 0 saturated carbocycles. The van der Waals surface area contributed by atoms with Crippen molar-refractivity contribution in [3.8, 4) is 0 Å². The van der Waals surface area contributed by atoms with E-state index in [1.54, 1.807) is 17.0 Å². The van der Waals surface area contributed by atoms with E-state index in [0.29, 0.717) is 18.7 Å². The van der Waals surface area contributed by atoms with Crippen LogP contribution >= 0.6 is 0 Å². The number of sulfonamides is 1. The summed E-state index contributed by atoms with van der Waals surface area (Å²) in [7, 11) is -0.723. The third-order valence-corrected chi connectivity index (χ3v) is 5.70. The molecule has 1 aromatic carbocycles. The topological polar surface area (TPSA) is 107 Å². The fourth-order valence-electron chi connectivity index (χ4n) is 2.63. The van der Waals surface area contributed by atoms with E-state index in [-0.39, 0.29) is 17.3 Å². The molecule has 1 aliphatic rings. The smallest absolute Gasteiger partial charge is 0.320 e. The molecule has 2 rings (SSSR count). The summed E-state index contributed by atoms with van der Waals surface area (Å²) in [5.74, 6) is -1.30. The molecule has 0 radical (unpaired) electrons. The molecule has 8 nitrogen and oxygen atoms in total. The Kier molecular flexibility index (Phi) is 5.58. The zero-order valence-corrected chi connectivity index (χ0v) is 14.4. The highest BCUT2D eigenvalue weighted by Gasteiger charge is 2.31. The van der Waals surface area contributed by atoms with E-state index < -0.39 is 22.0 Å². The van der Waals surface area contributed by atoms with Gasteiger partial charge in [-0.2, -0.15) is 0 Å². The highest BCUT2D eigenvalue weighted by Crippen LogP contribution is 2.19. The number of carboxylic acids is 1. The molecular weight excluding hydrogens is 334 g/mol. The lowest BCUT2D eigenvalue weighted by Crippen LogP contribution is -2.40. The Morgan fingerprint density at radius 1 is 1.38 bits per heavy atom. The zero-order chi connectivity index (χ0) is 17.9. The lowest BCUT2D eigenvalue weighted by atomic mass is 10.2. The van der Waals surface area contributed by atoms with Crippen molar-refractivity contribution in [2.75, 3.05) is 32.5 Å². The number of amides is 1. The second-order valence-electron chi connectivity index (χ2n) is 5.83. The first-order valence-corrected chi connectivity index (χ1v) is 8.95. The predicted octanol–water partition coefficient (Wildman–Crippen LogP) is 0.424. The number of carboxylic acid groups (broad SMARTS) is 1. The standard InChI is InChI=1S/C15H21N3O5S/c1-17(2)24(22,23)12-6-3-5-11(9-12)16-14(19)10-18-8-4-7-13(18)15(20)21/h3,5-6,9,13H,4,7-8,10H2,1-2H3,(H,16,19)(H,20,21)/t13-/m0/s1. The molecule has 1 amide bonds. The van der Waals surface area contributed by atoms with Crippen molar-refractivity contribution in [3.05, 3.63) is 24.3 Å². The summed E-state index contributed by atoms with van der Waals surface area (Å²) in [4.78, 5) is 24.9. The first-order chi connectivity index (χ1) is 11.2. The minimum atomic E-state index is -3.58. The SMILES string of the molecule is CN(C)S(=O)(=O)c1cccc(NC(=O)CN2CCC[C@H]2C(=O)O)c1. The maximum absolute atomic E-state index is 12.1. The summed E-state index contributed by atoms with van der Waals surface area (Å²) < 4.78 is 25.3. The van der Waals surface area contributed by atoms with Gasteiger partial charge in [-0.1, -0.05) is 6.07 Å². The molecule has 2 N–H and O–H groups in total. The number of nitrogens with one attached hydrogen (secondary N) is 1. The second-order valence-corrected chi connectivity index (χ2v) is 7.98. The number of anilines is 1. The number of hydrogen-bond donors (Lipinski definition) is 2. The molecule has 9 heteroatoms. The Bertz CT molecular complexity index is 732. The maximum atomic E-state index is 12.1. The molecule has 1 aliphatic heterocycles. The van der Waals surface area contributed by atoms with E-state index in [1.807, 2.05) is 0 Å². The molecule has 0 unspecified atom stereocenters. The average Bonchev–Trinajstić information content (AvgIpc) is 2.95. The number of nitrogens with zero attached hydrogens (tertiary/aromatic N) is 2. The molecule has 1 fully saturated rings. The van der Waals surface area contributed by atoms with E-state index in [4.69, 9.17) is 5.11 Å². The van der Waals surface area contributed by atoms with Crippen molar-refractivity contribution < 1.29 is 23.1 Å². The van der Waals surface area contributed by atoms with Crippen molar-refractivity contribution >= 4 is 27.6 Å². The van der Waals surface area contributed by atoms with Crippen molar-refractivity contribution in [1.29, 1.82) is 0 Å². The maximum Gasteiger partial charge on any atom is 0.320 e. The minimum Gasteiger partial charge on any atom is -0.480 e. The number of likely N-dealkylation sites (tertiary alicyclic amines) is 1. The zero-order valence-electron chi connectivity index (χ0n) is 13.6. The minimum absolute atomic E-state index is 0.0401. The van der Waals surface area contributed by atoms with Crippen LogP contribution in [0.5, 0.6) is 0 Å². The predicted molar refractivity (Wildman–Crippen MR) is 88.2 cm³/mol. The lowest BCUT2D eigenvalue weighted by molar-refractivity contribution is -0.142. The fraction of sp³-hybridized carbons (Fsp3) is 0.467. The van der Waals surface area contributed by atoms with Gasteiger partial charge in [0.1, 0.15) is 6.04 Å². The van der Waals surface area contributed by atoms with Gasteiger partial charge < -0.3 is 10.4 Å². The number of hydrogen-bond acceptors (Lipinski definition) is 5. The number of rotatable bonds is 6. The molecule has 24 heavy (non-hydrogen) atoms. The Hall–Kier alpha value is -1.97. The van der Waals surface area contributed by atoms with E-state index in [2.05, 4.69) is 5.32 Å². The van der Waals surface area contributed by atoms with Gasteiger partial charge in [0.25, 0.3) is 0 Å². The van der Waals surface area contributed by atoms with Gasteiger partial charge in [-0.3, -0.25) is 14.5 Å². The summed E-state index contributed by atoms with van der Waals surface area (Å²) in [6.07, 6.45) is 1.26. The molecule has 1 saturated heterocycles. The van der Waals surface area contributed by atoms with E-state index >= 15 is 0 Å². The summed E-state index contributed by atoms with van der Waals surface area (Å²) >= 11 is 0. The van der Waals surface area contributed by atoms with Gasteiger partial charge in [-0.15, -0.1) is 0 Å². The normalized spacial score (nSPS) is 18.7. The van der Waals surface area contributed by atoms with Crippen LogP contribution in [0.4, 0.5) is 5.69 Å². The number of carbonyl (C=O) groups is 2. The fourth-order valence-corrected chi connectivity index (χ4v) is 3.57. The molecule has 132 valence electrons. The van der Waals surface area contributed by atoms with Crippen molar-refractivity contribution in [2.45, 2.75) is 23.8 Å². The van der Waals surface area contributed by atoms with Crippen LogP contribution in [0, 0.1) is 0 Å². The molecule has 1 heterocycles. The van der Waals surface area contributed by atoms with Gasteiger partial charge in [0.05, 0.1) is 11.4 Å². The van der Waals surface area contributed by atoms with Crippen LogP contribution in [0.3, 0.4) is 0 Å². The van der Waals surface area contributed by atoms with Gasteiger partial charge in [0, 0.05) is 19.8 Å². The second kappa shape index (κ2) is 7.29. The molecule has 1 aromatic rings. The van der Waals surface area contributed by atoms with Gasteiger partial charge in [-0.25, -0.2) is 12.7 Å². The number of benzene rings is 1. The number of aliphatic carboxylic acids is 1. The van der Waals surface area contributed by atoms with Crippen LogP contribution in [0.2, 0.25) is 0 Å².